The number of nitrogens with one attached hydrogen (secondary N) is 1. The van der Waals surface area contributed by atoms with E-state index in [1.165, 1.54) is 18.2 Å². The molecule has 142 valence electrons. The molecule has 1 unspecified atom stereocenters. The SMILES string of the molecule is CC(CC(=O)N1CCCCCC1)S(=O)(=O)c1ccc2c(c1)NC(=O)CO2. The number of carbonyl (C=O) groups is 2. The van der Waals surface area contributed by atoms with E-state index >= 15 is 0 Å². The number of rotatable bonds is 4. The first-order valence-electron chi connectivity index (χ1n) is 8.96. The van der Waals surface area contributed by atoms with Crippen molar-refractivity contribution < 1.29 is 22.7 Å². The van der Waals surface area contributed by atoms with E-state index in [0.29, 0.717) is 24.5 Å². The average Bonchev–Trinajstić information content (AvgIpc) is 2.90. The van der Waals surface area contributed by atoms with Crippen molar-refractivity contribution in [1.29, 1.82) is 0 Å². The molecule has 2 aliphatic heterocycles. The average molecular weight is 380 g/mol. The minimum atomic E-state index is -3.69. The second-order valence-corrected chi connectivity index (χ2v) is 9.22. The number of nitrogens with zero attached hydrogens (tertiary/aromatic N) is 1. The van der Waals surface area contributed by atoms with Crippen molar-refractivity contribution in [3.63, 3.8) is 0 Å². The Labute approximate surface area is 153 Å². The maximum absolute atomic E-state index is 12.9. The van der Waals surface area contributed by atoms with E-state index in [2.05, 4.69) is 5.32 Å². The molecule has 0 radical (unpaired) electrons. The lowest BCUT2D eigenvalue weighted by molar-refractivity contribution is -0.131. The third-order valence-corrected chi connectivity index (χ3v) is 7.00. The molecule has 0 aromatic heterocycles. The fraction of sp³-hybridized carbons (Fsp3) is 0.556. The van der Waals surface area contributed by atoms with E-state index in [1.807, 2.05) is 0 Å². The van der Waals surface area contributed by atoms with Crippen molar-refractivity contribution in [1.82, 2.24) is 4.90 Å². The summed E-state index contributed by atoms with van der Waals surface area (Å²) in [5.74, 6) is 0.00542. The number of hydrogen-bond donors (Lipinski definition) is 1. The van der Waals surface area contributed by atoms with Crippen molar-refractivity contribution in [3.05, 3.63) is 18.2 Å². The van der Waals surface area contributed by atoms with Crippen LogP contribution in [-0.2, 0) is 19.4 Å². The highest BCUT2D eigenvalue weighted by atomic mass is 32.2. The molecule has 2 aliphatic rings. The molecule has 0 saturated carbocycles. The summed E-state index contributed by atoms with van der Waals surface area (Å²) < 4.78 is 31.0. The number of likely N-dealkylation sites (tertiary alicyclic amines) is 1. The molecule has 1 atom stereocenters. The Balaban J connectivity index is 1.73. The van der Waals surface area contributed by atoms with Crippen LogP contribution in [-0.4, -0.2) is 50.1 Å². The molecule has 0 spiro atoms. The summed E-state index contributed by atoms with van der Waals surface area (Å²) in [5, 5.41) is 1.77. The molecule has 1 aromatic carbocycles. The minimum Gasteiger partial charge on any atom is -0.482 e. The van der Waals surface area contributed by atoms with Crippen LogP contribution >= 0.6 is 0 Å². The number of anilines is 1. The minimum absolute atomic E-state index is 0.0394. The first-order chi connectivity index (χ1) is 12.4. The topological polar surface area (TPSA) is 92.8 Å². The second kappa shape index (κ2) is 7.65. The number of fused-ring (bicyclic) bond motifs is 1. The van der Waals surface area contributed by atoms with E-state index in [0.717, 1.165) is 25.7 Å². The van der Waals surface area contributed by atoms with Crippen LogP contribution < -0.4 is 10.1 Å². The van der Waals surface area contributed by atoms with Crippen LogP contribution in [0.2, 0.25) is 0 Å². The van der Waals surface area contributed by atoms with Crippen LogP contribution in [0.3, 0.4) is 0 Å². The molecule has 0 aliphatic carbocycles. The third-order valence-electron chi connectivity index (χ3n) is 4.86. The molecule has 26 heavy (non-hydrogen) atoms. The van der Waals surface area contributed by atoms with Gasteiger partial charge in [0.15, 0.2) is 16.4 Å². The molecule has 0 bridgehead atoms. The Kier molecular flexibility index (Phi) is 5.50. The van der Waals surface area contributed by atoms with E-state index in [1.54, 1.807) is 11.8 Å². The van der Waals surface area contributed by atoms with Gasteiger partial charge in [-0.1, -0.05) is 12.8 Å². The van der Waals surface area contributed by atoms with Crippen molar-refractivity contribution in [2.45, 2.75) is 49.2 Å². The summed E-state index contributed by atoms with van der Waals surface area (Å²) in [4.78, 5) is 25.8. The van der Waals surface area contributed by atoms with Crippen molar-refractivity contribution in [2.24, 2.45) is 0 Å². The predicted octanol–water partition coefficient (Wildman–Crippen LogP) is 1.97. The Bertz CT molecular complexity index is 798. The summed E-state index contributed by atoms with van der Waals surface area (Å²) in [6.45, 7) is 2.88. The fourth-order valence-electron chi connectivity index (χ4n) is 3.28. The van der Waals surface area contributed by atoms with Gasteiger partial charge in [-0.2, -0.15) is 0 Å². The van der Waals surface area contributed by atoms with Gasteiger partial charge in [0, 0.05) is 19.5 Å². The van der Waals surface area contributed by atoms with Gasteiger partial charge in [0.25, 0.3) is 5.91 Å². The smallest absolute Gasteiger partial charge is 0.262 e. The summed E-state index contributed by atoms with van der Waals surface area (Å²) in [6.07, 6.45) is 4.12. The van der Waals surface area contributed by atoms with Gasteiger partial charge in [-0.25, -0.2) is 8.42 Å². The summed E-state index contributed by atoms with van der Waals surface area (Å²) in [7, 11) is -3.69. The van der Waals surface area contributed by atoms with Crippen LogP contribution in [0.1, 0.15) is 39.0 Å². The summed E-state index contributed by atoms with van der Waals surface area (Å²) >= 11 is 0. The lowest BCUT2D eigenvalue weighted by Gasteiger charge is -2.23. The van der Waals surface area contributed by atoms with E-state index in [4.69, 9.17) is 4.74 Å². The number of carbonyl (C=O) groups excluding carboxylic acids is 2. The Morgan fingerprint density at radius 2 is 1.92 bits per heavy atom. The van der Waals surface area contributed by atoms with Crippen LogP contribution in [0, 0.1) is 0 Å². The van der Waals surface area contributed by atoms with Gasteiger partial charge in [0.2, 0.25) is 5.91 Å². The maximum Gasteiger partial charge on any atom is 0.262 e. The number of hydrogen-bond acceptors (Lipinski definition) is 5. The Hall–Kier alpha value is -2.09. The quantitative estimate of drug-likeness (QED) is 0.862. The van der Waals surface area contributed by atoms with Crippen LogP contribution in [0.4, 0.5) is 5.69 Å². The molecule has 8 heteroatoms. The van der Waals surface area contributed by atoms with E-state index < -0.39 is 15.1 Å². The Morgan fingerprint density at radius 1 is 1.23 bits per heavy atom. The molecule has 2 heterocycles. The first-order valence-corrected chi connectivity index (χ1v) is 10.5. The van der Waals surface area contributed by atoms with Crippen LogP contribution in [0.25, 0.3) is 0 Å². The highest BCUT2D eigenvalue weighted by Crippen LogP contribution is 2.31. The lowest BCUT2D eigenvalue weighted by Crippen LogP contribution is -2.35. The van der Waals surface area contributed by atoms with E-state index in [-0.39, 0.29) is 29.7 Å². The van der Waals surface area contributed by atoms with Crippen LogP contribution in [0.5, 0.6) is 5.75 Å². The molecular formula is C18H24N2O5S. The zero-order valence-electron chi connectivity index (χ0n) is 14.9. The zero-order valence-corrected chi connectivity index (χ0v) is 15.7. The zero-order chi connectivity index (χ0) is 18.7. The van der Waals surface area contributed by atoms with Gasteiger partial charge in [-0.3, -0.25) is 9.59 Å². The Morgan fingerprint density at radius 3 is 2.62 bits per heavy atom. The van der Waals surface area contributed by atoms with Crippen LogP contribution in [0.15, 0.2) is 23.1 Å². The lowest BCUT2D eigenvalue weighted by atomic mass is 10.2. The standard InChI is InChI=1S/C18H24N2O5S/c1-13(10-18(22)20-8-4-2-3-5-9-20)26(23,24)14-6-7-16-15(11-14)19-17(21)12-25-16/h6-7,11,13H,2-5,8-10,12H2,1H3,(H,19,21). The molecule has 3 rings (SSSR count). The monoisotopic (exact) mass is 380 g/mol. The van der Waals surface area contributed by atoms with Gasteiger partial charge in [0.1, 0.15) is 5.75 Å². The predicted molar refractivity (Wildman–Crippen MR) is 96.9 cm³/mol. The second-order valence-electron chi connectivity index (χ2n) is 6.85. The third kappa shape index (κ3) is 4.00. The molecule has 1 fully saturated rings. The van der Waals surface area contributed by atoms with Gasteiger partial charge in [-0.15, -0.1) is 0 Å². The summed E-state index contributed by atoms with van der Waals surface area (Å²) in [6, 6.07) is 4.39. The highest BCUT2D eigenvalue weighted by Gasteiger charge is 2.29. The molecule has 2 amide bonds. The maximum atomic E-state index is 12.9. The normalized spacial score (nSPS) is 19.0. The van der Waals surface area contributed by atoms with Gasteiger partial charge < -0.3 is 15.0 Å². The van der Waals surface area contributed by atoms with Crippen molar-refractivity contribution in [2.75, 3.05) is 25.0 Å². The number of amides is 2. The summed E-state index contributed by atoms with van der Waals surface area (Å²) in [5.41, 5.74) is 0.341. The van der Waals surface area contributed by atoms with Gasteiger partial charge in [-0.05, 0) is 38.0 Å². The van der Waals surface area contributed by atoms with Crippen molar-refractivity contribution >= 4 is 27.3 Å². The fourth-order valence-corrected chi connectivity index (χ4v) is 4.64. The molecule has 1 aromatic rings. The van der Waals surface area contributed by atoms with Gasteiger partial charge >= 0.3 is 0 Å². The van der Waals surface area contributed by atoms with E-state index in [9.17, 15) is 18.0 Å². The highest BCUT2D eigenvalue weighted by molar-refractivity contribution is 7.92. The molecular weight excluding hydrogens is 356 g/mol. The largest absolute Gasteiger partial charge is 0.482 e. The van der Waals surface area contributed by atoms with Crippen molar-refractivity contribution in [3.8, 4) is 5.75 Å². The molecule has 1 saturated heterocycles. The number of ether oxygens (including phenoxy) is 1. The molecule has 7 nitrogen and oxygen atoms in total. The van der Waals surface area contributed by atoms with Gasteiger partial charge in [0.05, 0.1) is 15.8 Å². The number of benzene rings is 1. The number of sulfone groups is 1. The molecule has 1 N–H and O–H groups in total. The first kappa shape index (κ1) is 18.7.